The maximum Gasteiger partial charge on any atom is 0.387 e. The molecule has 0 aromatic heterocycles. The summed E-state index contributed by atoms with van der Waals surface area (Å²) < 4.78 is 28.6. The lowest BCUT2D eigenvalue weighted by molar-refractivity contribution is -0.384. The van der Waals surface area contributed by atoms with E-state index in [-0.39, 0.29) is 48.5 Å². The van der Waals surface area contributed by atoms with Crippen LogP contribution in [0.5, 0.6) is 5.75 Å². The number of nitrogens with zero attached hydrogens (tertiary/aromatic N) is 2. The Bertz CT molecular complexity index is 838. The van der Waals surface area contributed by atoms with Gasteiger partial charge in [-0.25, -0.2) is 4.99 Å². The first-order chi connectivity index (χ1) is 13.9. The Morgan fingerprint density at radius 1 is 1.23 bits per heavy atom. The summed E-state index contributed by atoms with van der Waals surface area (Å²) in [4.78, 5) is 14.7. The summed E-state index contributed by atoms with van der Waals surface area (Å²) in [7, 11) is 0. The van der Waals surface area contributed by atoms with Gasteiger partial charge in [0.1, 0.15) is 5.75 Å². The molecule has 1 unspecified atom stereocenters. The van der Waals surface area contributed by atoms with E-state index in [1.54, 1.807) is 12.1 Å². The SMILES string of the molecule is CCNC(=NCc1cccc([N+](=O)[O-])c1)NCC(O)c1ccc(OC(F)F)cc1.I. The number of aliphatic imine (C=N–C) groups is 1. The van der Waals surface area contributed by atoms with Gasteiger partial charge in [-0.2, -0.15) is 8.78 Å². The van der Waals surface area contributed by atoms with Gasteiger partial charge in [0.15, 0.2) is 5.96 Å². The smallest absolute Gasteiger partial charge is 0.387 e. The molecule has 0 fully saturated rings. The summed E-state index contributed by atoms with van der Waals surface area (Å²) in [6.45, 7) is -0.112. The molecule has 2 aromatic carbocycles. The van der Waals surface area contributed by atoms with Crippen LogP contribution in [0.2, 0.25) is 0 Å². The zero-order chi connectivity index (χ0) is 21.2. The number of hydrogen-bond donors (Lipinski definition) is 3. The molecule has 0 aliphatic heterocycles. The number of alkyl halides is 2. The Labute approximate surface area is 189 Å². The molecular formula is C19H23F2IN4O4. The van der Waals surface area contributed by atoms with Crippen molar-refractivity contribution in [3.63, 3.8) is 0 Å². The van der Waals surface area contributed by atoms with Crippen LogP contribution in [0.1, 0.15) is 24.2 Å². The van der Waals surface area contributed by atoms with Crippen molar-refractivity contribution in [2.75, 3.05) is 13.1 Å². The highest BCUT2D eigenvalue weighted by molar-refractivity contribution is 14.0. The summed E-state index contributed by atoms with van der Waals surface area (Å²) in [6, 6.07) is 11.9. The topological polar surface area (TPSA) is 109 Å². The minimum absolute atomic E-state index is 0. The third kappa shape index (κ3) is 8.45. The normalized spacial score (nSPS) is 12.1. The molecule has 0 amide bonds. The van der Waals surface area contributed by atoms with Gasteiger partial charge in [0.25, 0.3) is 5.69 Å². The molecule has 0 aliphatic carbocycles. The average Bonchev–Trinajstić information content (AvgIpc) is 2.70. The van der Waals surface area contributed by atoms with E-state index in [9.17, 15) is 24.0 Å². The van der Waals surface area contributed by atoms with Crippen molar-refractivity contribution in [2.24, 2.45) is 4.99 Å². The van der Waals surface area contributed by atoms with Crippen LogP contribution in [0.25, 0.3) is 0 Å². The Balaban J connectivity index is 0.00000450. The maximum absolute atomic E-state index is 12.2. The van der Waals surface area contributed by atoms with Crippen molar-refractivity contribution in [3.8, 4) is 5.75 Å². The fourth-order valence-corrected chi connectivity index (χ4v) is 2.46. The second-order valence-electron chi connectivity index (χ2n) is 5.97. The highest BCUT2D eigenvalue weighted by atomic mass is 127. The second kappa shape index (κ2) is 12.9. The minimum atomic E-state index is -2.91. The standard InChI is InChI=1S/C19H22F2N4O4.HI/c1-2-22-19(23-11-13-4-3-5-15(10-13)25(27)28)24-12-17(26)14-6-8-16(9-7-14)29-18(20)21;/h3-10,17-18,26H,2,11-12H2,1H3,(H2,22,23,24);1H. The number of nitrogens with one attached hydrogen (secondary N) is 2. The molecule has 3 N–H and O–H groups in total. The summed E-state index contributed by atoms with van der Waals surface area (Å²) in [5, 5.41) is 27.1. The first-order valence-corrected chi connectivity index (χ1v) is 8.87. The number of hydrogen-bond acceptors (Lipinski definition) is 5. The minimum Gasteiger partial charge on any atom is -0.435 e. The summed E-state index contributed by atoms with van der Waals surface area (Å²) in [5.41, 5.74) is 1.19. The van der Waals surface area contributed by atoms with Crippen LogP contribution in [0.15, 0.2) is 53.5 Å². The third-order valence-corrected chi connectivity index (χ3v) is 3.84. The zero-order valence-electron chi connectivity index (χ0n) is 16.1. The molecule has 2 aromatic rings. The molecule has 1 atom stereocenters. The summed E-state index contributed by atoms with van der Waals surface area (Å²) in [5.74, 6) is 0.437. The predicted octanol–water partition coefficient (Wildman–Crippen LogP) is 3.60. The van der Waals surface area contributed by atoms with Gasteiger partial charge in [0.05, 0.1) is 17.6 Å². The van der Waals surface area contributed by atoms with Gasteiger partial charge in [-0.1, -0.05) is 24.3 Å². The molecule has 0 saturated heterocycles. The molecule has 8 nitrogen and oxygen atoms in total. The van der Waals surface area contributed by atoms with E-state index in [4.69, 9.17) is 0 Å². The lowest BCUT2D eigenvalue weighted by Crippen LogP contribution is -2.39. The molecule has 11 heteroatoms. The molecule has 0 saturated carbocycles. The number of benzene rings is 2. The van der Waals surface area contributed by atoms with E-state index < -0.39 is 17.6 Å². The highest BCUT2D eigenvalue weighted by Crippen LogP contribution is 2.19. The van der Waals surface area contributed by atoms with Gasteiger partial charge < -0.3 is 20.5 Å². The van der Waals surface area contributed by atoms with Crippen LogP contribution in [0, 0.1) is 10.1 Å². The number of nitro benzene ring substituents is 1. The van der Waals surface area contributed by atoms with E-state index >= 15 is 0 Å². The van der Waals surface area contributed by atoms with Gasteiger partial charge in [0, 0.05) is 25.2 Å². The molecule has 0 heterocycles. The number of ether oxygens (including phenoxy) is 1. The Kier molecular flexibility index (Phi) is 11.0. The van der Waals surface area contributed by atoms with Crippen LogP contribution in [-0.2, 0) is 6.54 Å². The second-order valence-corrected chi connectivity index (χ2v) is 5.97. The Morgan fingerprint density at radius 3 is 2.53 bits per heavy atom. The van der Waals surface area contributed by atoms with Crippen molar-refractivity contribution in [2.45, 2.75) is 26.2 Å². The maximum atomic E-state index is 12.2. The lowest BCUT2D eigenvalue weighted by atomic mass is 10.1. The van der Waals surface area contributed by atoms with Gasteiger partial charge in [0.2, 0.25) is 0 Å². The van der Waals surface area contributed by atoms with E-state index in [2.05, 4.69) is 20.4 Å². The van der Waals surface area contributed by atoms with Gasteiger partial charge in [-0.15, -0.1) is 24.0 Å². The number of aliphatic hydroxyl groups is 1. The fourth-order valence-electron chi connectivity index (χ4n) is 2.46. The zero-order valence-corrected chi connectivity index (χ0v) is 18.5. The highest BCUT2D eigenvalue weighted by Gasteiger charge is 2.11. The molecular weight excluding hydrogens is 513 g/mol. The van der Waals surface area contributed by atoms with Gasteiger partial charge in [-0.05, 0) is 30.2 Å². The molecule has 0 radical (unpaired) electrons. The predicted molar refractivity (Wildman–Crippen MR) is 119 cm³/mol. The fraction of sp³-hybridized carbons (Fsp3) is 0.316. The van der Waals surface area contributed by atoms with Gasteiger partial charge >= 0.3 is 6.61 Å². The molecule has 2 rings (SSSR count). The molecule has 0 spiro atoms. The lowest BCUT2D eigenvalue weighted by Gasteiger charge is -2.16. The van der Waals surface area contributed by atoms with Crippen molar-refractivity contribution in [3.05, 3.63) is 69.8 Å². The van der Waals surface area contributed by atoms with Crippen LogP contribution in [0.3, 0.4) is 0 Å². The Hall–Kier alpha value is -2.54. The first-order valence-electron chi connectivity index (χ1n) is 8.87. The molecule has 164 valence electrons. The van der Waals surface area contributed by atoms with Crippen LogP contribution in [0.4, 0.5) is 14.5 Å². The van der Waals surface area contributed by atoms with E-state index in [1.807, 2.05) is 6.92 Å². The monoisotopic (exact) mass is 536 g/mol. The van der Waals surface area contributed by atoms with Gasteiger partial charge in [-0.3, -0.25) is 10.1 Å². The summed E-state index contributed by atoms with van der Waals surface area (Å²) >= 11 is 0. The quantitative estimate of drug-likeness (QED) is 0.149. The number of rotatable bonds is 9. The third-order valence-electron chi connectivity index (χ3n) is 3.84. The molecule has 30 heavy (non-hydrogen) atoms. The van der Waals surface area contributed by atoms with E-state index in [0.717, 1.165) is 0 Å². The average molecular weight is 536 g/mol. The van der Waals surface area contributed by atoms with Crippen molar-refractivity contribution in [1.82, 2.24) is 10.6 Å². The Morgan fingerprint density at radius 2 is 1.93 bits per heavy atom. The van der Waals surface area contributed by atoms with Crippen LogP contribution >= 0.6 is 24.0 Å². The van der Waals surface area contributed by atoms with Crippen LogP contribution < -0.4 is 15.4 Å². The van der Waals surface area contributed by atoms with Crippen molar-refractivity contribution >= 4 is 35.6 Å². The number of halogens is 3. The number of non-ortho nitro benzene ring substituents is 1. The largest absolute Gasteiger partial charge is 0.435 e. The molecule has 0 aliphatic rings. The number of aliphatic hydroxyl groups excluding tert-OH is 1. The van der Waals surface area contributed by atoms with Crippen LogP contribution in [-0.4, -0.2) is 35.7 Å². The van der Waals surface area contributed by atoms with E-state index in [1.165, 1.54) is 36.4 Å². The first kappa shape index (κ1) is 25.5. The van der Waals surface area contributed by atoms with Crippen molar-refractivity contribution < 1.29 is 23.5 Å². The van der Waals surface area contributed by atoms with Crippen molar-refractivity contribution in [1.29, 1.82) is 0 Å². The number of guanidine groups is 1. The summed E-state index contributed by atoms with van der Waals surface area (Å²) in [6.07, 6.45) is -0.905. The molecule has 0 bridgehead atoms. The number of nitro groups is 1. The van der Waals surface area contributed by atoms with E-state index in [0.29, 0.717) is 23.6 Å².